The highest BCUT2D eigenvalue weighted by Crippen LogP contribution is 2.42. The van der Waals surface area contributed by atoms with Crippen molar-refractivity contribution < 1.29 is 24.1 Å². The number of piperidine rings is 1. The second kappa shape index (κ2) is 12.0. The van der Waals surface area contributed by atoms with E-state index in [1.165, 1.54) is 7.11 Å². The highest BCUT2D eigenvalue weighted by atomic mass is 32.2. The topological polar surface area (TPSA) is 95.8 Å². The predicted octanol–water partition coefficient (Wildman–Crippen LogP) is 4.94. The number of carbonyl (C=O) groups is 1. The van der Waals surface area contributed by atoms with Gasteiger partial charge in [-0.1, -0.05) is 6.07 Å². The summed E-state index contributed by atoms with van der Waals surface area (Å²) in [4.78, 5) is 22.5. The Labute approximate surface area is 214 Å². The molecule has 0 aliphatic carbocycles. The second-order valence-electron chi connectivity index (χ2n) is 9.39. The van der Waals surface area contributed by atoms with Crippen molar-refractivity contribution >= 4 is 28.6 Å². The number of rotatable bonds is 11. The highest BCUT2D eigenvalue weighted by molar-refractivity contribution is 7.99. The third kappa shape index (κ3) is 6.52. The number of carboxylic acids is 1. The molecule has 4 rings (SSSR count). The van der Waals surface area contributed by atoms with Gasteiger partial charge in [0.15, 0.2) is 0 Å². The molecule has 3 heterocycles. The van der Waals surface area contributed by atoms with Crippen molar-refractivity contribution in [3.05, 3.63) is 60.2 Å². The van der Waals surface area contributed by atoms with E-state index in [9.17, 15) is 19.4 Å². The van der Waals surface area contributed by atoms with Gasteiger partial charge in [0.2, 0.25) is 0 Å². The second-order valence-corrected chi connectivity index (χ2v) is 10.5. The largest absolute Gasteiger partial charge is 0.497 e. The maximum atomic E-state index is 14.8. The molecule has 9 heteroatoms. The first kappa shape index (κ1) is 26.3. The van der Waals surface area contributed by atoms with E-state index in [4.69, 9.17) is 4.74 Å². The van der Waals surface area contributed by atoms with Crippen LogP contribution in [0.5, 0.6) is 5.75 Å². The standard InChI is InChI=1S/C27H32FN3O4S/c1-35-19-5-6-22-20(16-19)26(21(28)18-30-22)23(32)7-8-27(17-25(33)34)9-12-31(13-10-27)14-15-36-24-4-2-3-11-29-24/h2-6,11,16,18,23,32H,7-10,12-15,17H2,1H3,(H,33,34)/t23-/m0/s1. The number of methoxy groups -OCH3 is 1. The Morgan fingerprint density at radius 1 is 1.25 bits per heavy atom. The van der Waals surface area contributed by atoms with Gasteiger partial charge in [-0.2, -0.15) is 0 Å². The SMILES string of the molecule is COc1ccc2ncc(F)c([C@@H](O)CCC3(CC(=O)O)CCN(CCSc4ccccn4)CC3)c2c1. The van der Waals surface area contributed by atoms with Gasteiger partial charge in [-0.25, -0.2) is 9.37 Å². The van der Waals surface area contributed by atoms with Crippen LogP contribution in [-0.4, -0.2) is 63.5 Å². The summed E-state index contributed by atoms with van der Waals surface area (Å²) in [6.45, 7) is 2.51. The number of aromatic nitrogens is 2. The van der Waals surface area contributed by atoms with Gasteiger partial charge in [-0.05, 0) is 74.5 Å². The van der Waals surface area contributed by atoms with Crippen LogP contribution in [0.25, 0.3) is 10.9 Å². The first-order chi connectivity index (χ1) is 17.4. The molecule has 1 aliphatic heterocycles. The molecule has 2 N–H and O–H groups in total. The molecule has 1 aromatic carbocycles. The van der Waals surface area contributed by atoms with Gasteiger partial charge in [-0.3, -0.25) is 9.78 Å². The van der Waals surface area contributed by atoms with E-state index in [0.29, 0.717) is 23.1 Å². The number of pyridine rings is 2. The van der Waals surface area contributed by atoms with Gasteiger partial charge < -0.3 is 19.8 Å². The number of halogens is 1. The number of benzene rings is 1. The minimum Gasteiger partial charge on any atom is -0.497 e. The van der Waals surface area contributed by atoms with Crippen LogP contribution in [0.15, 0.2) is 53.8 Å². The Balaban J connectivity index is 1.39. The van der Waals surface area contributed by atoms with E-state index < -0.39 is 23.3 Å². The van der Waals surface area contributed by atoms with Gasteiger partial charge in [0.05, 0.1) is 36.4 Å². The van der Waals surface area contributed by atoms with E-state index in [1.54, 1.807) is 36.2 Å². The Kier molecular flexibility index (Phi) is 8.77. The van der Waals surface area contributed by atoms with E-state index in [2.05, 4.69) is 14.9 Å². The van der Waals surface area contributed by atoms with Gasteiger partial charge in [0.1, 0.15) is 11.6 Å². The number of aliphatic hydroxyl groups excluding tert-OH is 1. The Morgan fingerprint density at radius 2 is 2.06 bits per heavy atom. The van der Waals surface area contributed by atoms with Crippen molar-refractivity contribution in [2.45, 2.75) is 43.2 Å². The first-order valence-corrected chi connectivity index (χ1v) is 13.2. The molecule has 1 saturated heterocycles. The fourth-order valence-corrected chi connectivity index (χ4v) is 5.89. The fourth-order valence-electron chi connectivity index (χ4n) is 5.02. The molecule has 3 aromatic rings. The van der Waals surface area contributed by atoms with E-state index in [0.717, 1.165) is 49.5 Å². The fraction of sp³-hybridized carbons (Fsp3) is 0.444. The smallest absolute Gasteiger partial charge is 0.303 e. The third-order valence-electron chi connectivity index (χ3n) is 7.09. The van der Waals surface area contributed by atoms with E-state index in [1.807, 2.05) is 18.2 Å². The predicted molar refractivity (Wildman–Crippen MR) is 138 cm³/mol. The highest BCUT2D eigenvalue weighted by Gasteiger charge is 2.37. The zero-order valence-corrected chi connectivity index (χ0v) is 21.2. The number of hydrogen-bond acceptors (Lipinski definition) is 7. The van der Waals surface area contributed by atoms with Gasteiger partial charge in [0.25, 0.3) is 0 Å². The number of carboxylic acid groups (broad SMARTS) is 1. The molecule has 1 fully saturated rings. The number of aliphatic carboxylic acids is 1. The average Bonchev–Trinajstić information content (AvgIpc) is 2.88. The first-order valence-electron chi connectivity index (χ1n) is 12.2. The van der Waals surface area contributed by atoms with Crippen molar-refractivity contribution in [1.82, 2.24) is 14.9 Å². The summed E-state index contributed by atoms with van der Waals surface area (Å²) in [5.41, 5.74) is 0.339. The summed E-state index contributed by atoms with van der Waals surface area (Å²) in [6, 6.07) is 11.0. The van der Waals surface area contributed by atoms with Crippen molar-refractivity contribution in [3.63, 3.8) is 0 Å². The van der Waals surface area contributed by atoms with Crippen LogP contribution in [0.3, 0.4) is 0 Å². The minimum atomic E-state index is -1.07. The molecule has 7 nitrogen and oxygen atoms in total. The zero-order chi connectivity index (χ0) is 25.5. The molecule has 1 atom stereocenters. The Bertz CT molecular complexity index is 1170. The normalized spacial score (nSPS) is 16.6. The molecule has 0 radical (unpaired) electrons. The van der Waals surface area contributed by atoms with Crippen LogP contribution in [0, 0.1) is 11.2 Å². The van der Waals surface area contributed by atoms with E-state index >= 15 is 0 Å². The number of hydrogen-bond donors (Lipinski definition) is 2. The quantitative estimate of drug-likeness (QED) is 0.348. The Hall–Kier alpha value is -2.75. The Morgan fingerprint density at radius 3 is 2.75 bits per heavy atom. The van der Waals surface area contributed by atoms with Gasteiger partial charge in [-0.15, -0.1) is 11.8 Å². The molecule has 1 aliphatic rings. The maximum absolute atomic E-state index is 14.8. The number of fused-ring (bicyclic) bond motifs is 1. The molecule has 0 saturated carbocycles. The van der Waals surface area contributed by atoms with Crippen molar-refractivity contribution in [1.29, 1.82) is 0 Å². The van der Waals surface area contributed by atoms with Crippen molar-refractivity contribution in [2.24, 2.45) is 5.41 Å². The minimum absolute atomic E-state index is 0.0453. The summed E-state index contributed by atoms with van der Waals surface area (Å²) in [7, 11) is 1.53. The van der Waals surface area contributed by atoms with Gasteiger partial charge >= 0.3 is 5.97 Å². The molecule has 0 amide bonds. The summed E-state index contributed by atoms with van der Waals surface area (Å²) < 4.78 is 20.1. The van der Waals surface area contributed by atoms with Crippen LogP contribution in [0.4, 0.5) is 4.39 Å². The summed E-state index contributed by atoms with van der Waals surface area (Å²) >= 11 is 1.71. The lowest BCUT2D eigenvalue weighted by Crippen LogP contribution is -2.42. The molecule has 36 heavy (non-hydrogen) atoms. The molecular formula is C27H32FN3O4S. The molecule has 192 valence electrons. The van der Waals surface area contributed by atoms with Crippen LogP contribution >= 0.6 is 11.8 Å². The number of likely N-dealkylation sites (tertiary alicyclic amines) is 1. The number of thioether (sulfide) groups is 1. The monoisotopic (exact) mass is 513 g/mol. The van der Waals surface area contributed by atoms with Crippen LogP contribution in [0.2, 0.25) is 0 Å². The molecule has 0 bridgehead atoms. The van der Waals surface area contributed by atoms with Gasteiger partial charge in [0, 0.05) is 29.4 Å². The number of nitrogens with zero attached hydrogens (tertiary/aromatic N) is 3. The molecular weight excluding hydrogens is 481 g/mol. The van der Waals surface area contributed by atoms with Crippen molar-refractivity contribution in [3.8, 4) is 5.75 Å². The lowest BCUT2D eigenvalue weighted by molar-refractivity contribution is -0.141. The molecule has 2 aromatic heterocycles. The van der Waals surface area contributed by atoms with Crippen molar-refractivity contribution in [2.75, 3.05) is 32.5 Å². The molecule has 0 unspecified atom stereocenters. The maximum Gasteiger partial charge on any atom is 0.303 e. The van der Waals surface area contributed by atoms with Crippen LogP contribution < -0.4 is 4.74 Å². The number of ether oxygens (including phenoxy) is 1. The van der Waals surface area contributed by atoms with Crippen LogP contribution in [-0.2, 0) is 4.79 Å². The lowest BCUT2D eigenvalue weighted by atomic mass is 9.71. The third-order valence-corrected chi connectivity index (χ3v) is 8.01. The lowest BCUT2D eigenvalue weighted by Gasteiger charge is -2.41. The summed E-state index contributed by atoms with van der Waals surface area (Å²) in [5, 5.41) is 22.2. The summed E-state index contributed by atoms with van der Waals surface area (Å²) in [5.74, 6) is 0.0587. The average molecular weight is 514 g/mol. The summed E-state index contributed by atoms with van der Waals surface area (Å²) in [6.07, 6.45) is 4.13. The zero-order valence-electron chi connectivity index (χ0n) is 20.4. The van der Waals surface area contributed by atoms with E-state index in [-0.39, 0.29) is 18.4 Å². The number of aliphatic hydroxyl groups is 1. The van der Waals surface area contributed by atoms with Crippen LogP contribution in [0.1, 0.15) is 43.8 Å². The molecule has 0 spiro atoms.